The summed E-state index contributed by atoms with van der Waals surface area (Å²) in [6.45, 7) is 4.29. The van der Waals surface area contributed by atoms with Crippen molar-refractivity contribution in [3.05, 3.63) is 29.6 Å². The first-order valence-electron chi connectivity index (χ1n) is 6.19. The highest BCUT2D eigenvalue weighted by Crippen LogP contribution is 2.17. The Morgan fingerprint density at radius 2 is 2.22 bits per heavy atom. The van der Waals surface area contributed by atoms with Gasteiger partial charge < -0.3 is 9.30 Å². The van der Waals surface area contributed by atoms with E-state index in [1.54, 1.807) is 0 Å². The highest BCUT2D eigenvalue weighted by molar-refractivity contribution is 5.77. The van der Waals surface area contributed by atoms with E-state index in [4.69, 9.17) is 4.74 Å². The third-order valence-corrected chi connectivity index (χ3v) is 2.99. The summed E-state index contributed by atoms with van der Waals surface area (Å²) in [6.07, 6.45) is 0.993. The number of imidazole rings is 1. The molecule has 0 amide bonds. The third-order valence-electron chi connectivity index (χ3n) is 2.99. The molecule has 4 nitrogen and oxygen atoms in total. The lowest BCUT2D eigenvalue weighted by Gasteiger charge is -2.02. The highest BCUT2D eigenvalue weighted by atomic mass is 16.5. The van der Waals surface area contributed by atoms with Gasteiger partial charge in [0.1, 0.15) is 5.82 Å². The lowest BCUT2D eigenvalue weighted by molar-refractivity contribution is -0.143. The molecule has 2 aromatic rings. The number of aryl methyl sites for hydroxylation is 3. The molecule has 0 bridgehead atoms. The second kappa shape index (κ2) is 5.21. The van der Waals surface area contributed by atoms with E-state index < -0.39 is 0 Å². The van der Waals surface area contributed by atoms with Crippen molar-refractivity contribution in [1.82, 2.24) is 9.55 Å². The molecule has 0 aliphatic rings. The maximum atomic E-state index is 11.3. The molecule has 4 heteroatoms. The summed E-state index contributed by atoms with van der Waals surface area (Å²) < 4.78 is 6.96. The van der Waals surface area contributed by atoms with Crippen LogP contribution >= 0.6 is 0 Å². The number of hydrogen-bond donors (Lipinski definition) is 0. The van der Waals surface area contributed by atoms with Crippen LogP contribution in [0.2, 0.25) is 0 Å². The number of fused-ring (bicyclic) bond motifs is 1. The predicted molar refractivity (Wildman–Crippen MR) is 70.4 cm³/mol. The van der Waals surface area contributed by atoms with Crippen LogP contribution in [0.5, 0.6) is 0 Å². The molecule has 18 heavy (non-hydrogen) atoms. The summed E-state index contributed by atoms with van der Waals surface area (Å²) in [6, 6.07) is 6.19. The van der Waals surface area contributed by atoms with Crippen LogP contribution in [0.15, 0.2) is 18.2 Å². The highest BCUT2D eigenvalue weighted by Gasteiger charge is 2.10. The van der Waals surface area contributed by atoms with Crippen molar-refractivity contribution in [2.75, 3.05) is 6.61 Å². The number of carbonyl (C=O) groups excluding carboxylic acids is 1. The van der Waals surface area contributed by atoms with Gasteiger partial charge in [-0.2, -0.15) is 0 Å². The molecule has 0 atom stereocenters. The van der Waals surface area contributed by atoms with E-state index in [0.29, 0.717) is 19.4 Å². The molecule has 1 aromatic carbocycles. The Morgan fingerprint density at radius 1 is 1.44 bits per heavy atom. The molecule has 0 saturated heterocycles. The Labute approximate surface area is 107 Å². The first-order chi connectivity index (χ1) is 8.61. The van der Waals surface area contributed by atoms with Gasteiger partial charge in [0.05, 0.1) is 24.1 Å². The van der Waals surface area contributed by atoms with E-state index in [2.05, 4.69) is 23.2 Å². The molecule has 0 aliphatic heterocycles. The number of carbonyl (C=O) groups is 1. The van der Waals surface area contributed by atoms with Crippen LogP contribution in [-0.4, -0.2) is 22.1 Å². The number of aromatic nitrogens is 2. The lowest BCUT2D eigenvalue weighted by Crippen LogP contribution is -2.07. The van der Waals surface area contributed by atoms with Crippen molar-refractivity contribution in [3.8, 4) is 0 Å². The average Bonchev–Trinajstić information content (AvgIpc) is 2.63. The zero-order valence-electron chi connectivity index (χ0n) is 11.1. The molecule has 0 fully saturated rings. The molecule has 0 unspecified atom stereocenters. The molecule has 2 rings (SSSR count). The molecule has 0 aliphatic carbocycles. The Balaban J connectivity index is 2.18. The van der Waals surface area contributed by atoms with Crippen molar-refractivity contribution in [1.29, 1.82) is 0 Å². The minimum atomic E-state index is -0.166. The first kappa shape index (κ1) is 12.6. The number of hydrogen-bond acceptors (Lipinski definition) is 3. The fourth-order valence-corrected chi connectivity index (χ4v) is 2.03. The topological polar surface area (TPSA) is 44.1 Å². The van der Waals surface area contributed by atoms with Crippen LogP contribution in [0, 0.1) is 6.92 Å². The maximum absolute atomic E-state index is 11.3. The van der Waals surface area contributed by atoms with Gasteiger partial charge in [-0.1, -0.05) is 6.07 Å². The van der Waals surface area contributed by atoms with Crippen LogP contribution in [0.4, 0.5) is 0 Å². The smallest absolute Gasteiger partial charge is 0.306 e. The van der Waals surface area contributed by atoms with Crippen molar-refractivity contribution in [2.45, 2.75) is 26.7 Å². The van der Waals surface area contributed by atoms with Gasteiger partial charge in [-0.05, 0) is 31.5 Å². The van der Waals surface area contributed by atoms with Gasteiger partial charge in [0, 0.05) is 13.5 Å². The van der Waals surface area contributed by atoms with E-state index in [0.717, 1.165) is 16.9 Å². The molecule has 0 spiro atoms. The molecule has 1 heterocycles. The van der Waals surface area contributed by atoms with Crippen molar-refractivity contribution < 1.29 is 9.53 Å². The van der Waals surface area contributed by atoms with Crippen molar-refractivity contribution >= 4 is 17.0 Å². The Kier molecular flexibility index (Phi) is 3.65. The van der Waals surface area contributed by atoms with E-state index in [1.807, 2.05) is 25.5 Å². The minimum absolute atomic E-state index is 0.166. The molecule has 1 aromatic heterocycles. The van der Waals surface area contributed by atoms with Crippen LogP contribution in [0.1, 0.15) is 24.7 Å². The summed E-state index contributed by atoms with van der Waals surface area (Å²) in [5.74, 6) is 0.754. The summed E-state index contributed by atoms with van der Waals surface area (Å²) in [5, 5.41) is 0. The summed E-state index contributed by atoms with van der Waals surface area (Å²) in [5.41, 5.74) is 3.27. The fourth-order valence-electron chi connectivity index (χ4n) is 2.03. The number of ether oxygens (including phenoxy) is 1. The molecular weight excluding hydrogens is 228 g/mol. The van der Waals surface area contributed by atoms with Gasteiger partial charge >= 0.3 is 5.97 Å². The Bertz CT molecular complexity index is 572. The quantitative estimate of drug-likeness (QED) is 0.778. The van der Waals surface area contributed by atoms with E-state index in [1.165, 1.54) is 5.56 Å². The molecular formula is C14H18N2O2. The van der Waals surface area contributed by atoms with Crippen LogP contribution in [0.3, 0.4) is 0 Å². The molecule has 0 saturated carbocycles. The van der Waals surface area contributed by atoms with Crippen molar-refractivity contribution in [3.63, 3.8) is 0 Å². The SMILES string of the molecule is CCOC(=O)CCc1nc2cc(C)ccc2n1C. The second-order valence-electron chi connectivity index (χ2n) is 4.38. The molecule has 96 valence electrons. The second-order valence-corrected chi connectivity index (χ2v) is 4.38. The van der Waals surface area contributed by atoms with E-state index in [9.17, 15) is 4.79 Å². The zero-order chi connectivity index (χ0) is 13.1. The van der Waals surface area contributed by atoms with Gasteiger partial charge in [-0.25, -0.2) is 4.98 Å². The maximum Gasteiger partial charge on any atom is 0.306 e. The summed E-state index contributed by atoms with van der Waals surface area (Å²) in [7, 11) is 1.98. The molecule has 0 radical (unpaired) electrons. The van der Waals surface area contributed by atoms with Crippen LogP contribution < -0.4 is 0 Å². The van der Waals surface area contributed by atoms with Gasteiger partial charge in [0.25, 0.3) is 0 Å². The number of esters is 1. The van der Waals surface area contributed by atoms with Gasteiger partial charge in [0.15, 0.2) is 0 Å². The number of nitrogens with zero attached hydrogens (tertiary/aromatic N) is 2. The normalized spacial score (nSPS) is 10.8. The molecule has 0 N–H and O–H groups in total. The monoisotopic (exact) mass is 246 g/mol. The minimum Gasteiger partial charge on any atom is -0.466 e. The van der Waals surface area contributed by atoms with Gasteiger partial charge in [-0.15, -0.1) is 0 Å². The van der Waals surface area contributed by atoms with E-state index in [-0.39, 0.29) is 5.97 Å². The average molecular weight is 246 g/mol. The van der Waals surface area contributed by atoms with E-state index >= 15 is 0 Å². The number of rotatable bonds is 4. The number of benzene rings is 1. The summed E-state index contributed by atoms with van der Waals surface area (Å²) in [4.78, 5) is 15.9. The van der Waals surface area contributed by atoms with Crippen LogP contribution in [0.25, 0.3) is 11.0 Å². The lowest BCUT2D eigenvalue weighted by atomic mass is 10.2. The Hall–Kier alpha value is -1.84. The predicted octanol–water partition coefficient (Wildman–Crippen LogP) is 2.38. The summed E-state index contributed by atoms with van der Waals surface area (Å²) >= 11 is 0. The van der Waals surface area contributed by atoms with Gasteiger partial charge in [-0.3, -0.25) is 4.79 Å². The standard InChI is InChI=1S/C14H18N2O2/c1-4-18-14(17)8-7-13-15-11-9-10(2)5-6-12(11)16(13)3/h5-6,9H,4,7-8H2,1-3H3. The third kappa shape index (κ3) is 2.53. The van der Waals surface area contributed by atoms with Gasteiger partial charge in [0.2, 0.25) is 0 Å². The van der Waals surface area contributed by atoms with Crippen LogP contribution in [-0.2, 0) is 23.0 Å². The Morgan fingerprint density at radius 3 is 2.94 bits per heavy atom. The largest absolute Gasteiger partial charge is 0.466 e. The van der Waals surface area contributed by atoms with Crippen molar-refractivity contribution in [2.24, 2.45) is 7.05 Å². The zero-order valence-corrected chi connectivity index (χ0v) is 11.1. The fraction of sp³-hybridized carbons (Fsp3) is 0.429. The first-order valence-corrected chi connectivity index (χ1v) is 6.19.